The first-order chi connectivity index (χ1) is 19.0. The van der Waals surface area contributed by atoms with Gasteiger partial charge in [0.1, 0.15) is 5.75 Å². The van der Waals surface area contributed by atoms with Crippen molar-refractivity contribution < 1.29 is 24.2 Å². The molecule has 6 rings (SSSR count). The minimum Gasteiger partial charge on any atom is -0.507 e. The van der Waals surface area contributed by atoms with Crippen LogP contribution in [0.1, 0.15) is 47.5 Å². The summed E-state index contributed by atoms with van der Waals surface area (Å²) in [5.41, 5.74) is 2.80. The molecule has 2 atom stereocenters. The number of halogens is 1. The Morgan fingerprint density at radius 2 is 2.00 bits per heavy atom. The molecule has 3 aliphatic heterocycles. The van der Waals surface area contributed by atoms with Crippen LogP contribution in [-0.4, -0.2) is 66.8 Å². The van der Waals surface area contributed by atoms with Crippen molar-refractivity contribution in [3.05, 3.63) is 53.6 Å². The molecule has 9 heteroatoms. The summed E-state index contributed by atoms with van der Waals surface area (Å²) in [5.74, 6) is 1.39. The van der Waals surface area contributed by atoms with Gasteiger partial charge < -0.3 is 24.4 Å². The fraction of sp³-hybridized carbons (Fsp3) is 0.367. The van der Waals surface area contributed by atoms with E-state index in [1.807, 2.05) is 35.4 Å². The molecule has 202 valence electrons. The van der Waals surface area contributed by atoms with Crippen molar-refractivity contribution in [2.24, 2.45) is 4.99 Å². The lowest BCUT2D eigenvalue weighted by molar-refractivity contribution is -0.118. The van der Waals surface area contributed by atoms with E-state index < -0.39 is 0 Å². The molecule has 0 spiro atoms. The first kappa shape index (κ1) is 25.5. The van der Waals surface area contributed by atoms with Crippen molar-refractivity contribution in [1.82, 2.24) is 4.90 Å². The molecule has 8 nitrogen and oxygen atoms in total. The van der Waals surface area contributed by atoms with Crippen LogP contribution in [0.2, 0.25) is 0 Å². The number of rotatable bonds is 7. The van der Waals surface area contributed by atoms with E-state index in [9.17, 15) is 14.7 Å². The number of carbonyl (C=O) groups is 2. The van der Waals surface area contributed by atoms with Crippen molar-refractivity contribution >= 4 is 51.8 Å². The normalized spacial score (nSPS) is 19.6. The van der Waals surface area contributed by atoms with E-state index in [2.05, 4.69) is 4.99 Å². The third-order valence-corrected chi connectivity index (χ3v) is 8.26. The quantitative estimate of drug-likeness (QED) is 0.316. The number of aliphatic imine (C=N–C) groups is 1. The summed E-state index contributed by atoms with van der Waals surface area (Å²) in [7, 11) is 1.54. The number of anilines is 1. The van der Waals surface area contributed by atoms with Crippen LogP contribution in [0.3, 0.4) is 0 Å². The van der Waals surface area contributed by atoms with Gasteiger partial charge in [-0.3, -0.25) is 14.6 Å². The molecular formula is C30H30ClN3O5. The Hall–Kier alpha value is -3.78. The highest BCUT2D eigenvalue weighted by Crippen LogP contribution is 2.45. The monoisotopic (exact) mass is 547 g/mol. The van der Waals surface area contributed by atoms with Gasteiger partial charge in [-0.2, -0.15) is 0 Å². The number of hydrogen-bond donors (Lipinski definition) is 1. The molecule has 1 fully saturated rings. The Balaban J connectivity index is 1.15. The number of hydrogen-bond acceptors (Lipinski definition) is 6. The summed E-state index contributed by atoms with van der Waals surface area (Å²) < 4.78 is 11.5. The second-order valence-electron chi connectivity index (χ2n) is 10.2. The van der Waals surface area contributed by atoms with Crippen LogP contribution in [0.4, 0.5) is 11.4 Å². The summed E-state index contributed by atoms with van der Waals surface area (Å²) in [6, 6.07) is 12.8. The van der Waals surface area contributed by atoms with E-state index in [1.165, 1.54) is 0 Å². The van der Waals surface area contributed by atoms with Crippen molar-refractivity contribution in [2.75, 3.05) is 37.6 Å². The zero-order valence-corrected chi connectivity index (χ0v) is 22.5. The van der Waals surface area contributed by atoms with E-state index in [4.69, 9.17) is 21.1 Å². The Morgan fingerprint density at radius 3 is 2.79 bits per heavy atom. The number of methoxy groups -OCH3 is 1. The summed E-state index contributed by atoms with van der Waals surface area (Å²) in [6.07, 6.45) is 4.48. The van der Waals surface area contributed by atoms with Crippen LogP contribution >= 0.6 is 11.6 Å². The fourth-order valence-electron chi connectivity index (χ4n) is 5.95. The van der Waals surface area contributed by atoms with E-state index in [1.54, 1.807) is 30.2 Å². The number of benzene rings is 3. The number of fused-ring (bicyclic) bond motifs is 5. The van der Waals surface area contributed by atoms with Crippen molar-refractivity contribution in [1.29, 1.82) is 0 Å². The number of nitrogens with zero attached hydrogens (tertiary/aromatic N) is 3. The van der Waals surface area contributed by atoms with Gasteiger partial charge in [0.05, 0.1) is 36.7 Å². The Morgan fingerprint density at radius 1 is 1.18 bits per heavy atom. The van der Waals surface area contributed by atoms with Crippen LogP contribution in [0.25, 0.3) is 10.8 Å². The number of phenols is 1. The molecule has 0 unspecified atom stereocenters. The predicted octanol–water partition coefficient (Wildman–Crippen LogP) is 5.40. The van der Waals surface area contributed by atoms with Gasteiger partial charge in [-0.05, 0) is 36.3 Å². The summed E-state index contributed by atoms with van der Waals surface area (Å²) in [6.45, 7) is 1.50. The third kappa shape index (κ3) is 4.46. The predicted molar refractivity (Wildman–Crippen MR) is 151 cm³/mol. The molecule has 3 aromatic carbocycles. The molecule has 3 heterocycles. The standard InChI is InChI=1S/C30H30ClN3O5/c1-38-26-12-22-23(32-16-19-6-4-10-33(19)30(22)37)13-27(26)39-11-5-9-28(36)34-17-18(15-31)29-21-8-3-2-7-20(21)25(35)14-24(29)34/h2-3,7-8,12-14,16,18-19,35H,4-6,9-11,15,17H2,1H3/t18-,19-/m0/s1. The van der Waals surface area contributed by atoms with Crippen LogP contribution in [-0.2, 0) is 4.79 Å². The number of aromatic hydroxyl groups is 1. The smallest absolute Gasteiger partial charge is 0.256 e. The highest BCUT2D eigenvalue weighted by Gasteiger charge is 2.35. The maximum atomic E-state index is 13.3. The van der Waals surface area contributed by atoms with Crippen LogP contribution < -0.4 is 14.4 Å². The van der Waals surface area contributed by atoms with E-state index >= 15 is 0 Å². The third-order valence-electron chi connectivity index (χ3n) is 7.88. The largest absolute Gasteiger partial charge is 0.507 e. The van der Waals surface area contributed by atoms with Gasteiger partial charge >= 0.3 is 0 Å². The first-order valence-electron chi connectivity index (χ1n) is 13.3. The Bertz CT molecular complexity index is 1490. The lowest BCUT2D eigenvalue weighted by Crippen LogP contribution is -2.35. The van der Waals surface area contributed by atoms with Crippen molar-refractivity contribution in [2.45, 2.75) is 37.6 Å². The van der Waals surface area contributed by atoms with Crippen LogP contribution in [0, 0.1) is 0 Å². The molecule has 0 bridgehead atoms. The summed E-state index contributed by atoms with van der Waals surface area (Å²) in [4.78, 5) is 34.5. The second-order valence-corrected chi connectivity index (χ2v) is 10.5. The molecule has 0 aromatic heterocycles. The van der Waals surface area contributed by atoms with E-state index in [-0.39, 0.29) is 42.6 Å². The molecule has 0 saturated carbocycles. The average molecular weight is 548 g/mol. The fourth-order valence-corrected chi connectivity index (χ4v) is 6.20. The van der Waals surface area contributed by atoms with Gasteiger partial charge in [-0.15, -0.1) is 11.6 Å². The minimum atomic E-state index is -0.0492. The molecule has 39 heavy (non-hydrogen) atoms. The Kier molecular flexibility index (Phi) is 6.81. The number of amides is 2. The highest BCUT2D eigenvalue weighted by atomic mass is 35.5. The van der Waals surface area contributed by atoms with E-state index in [0.717, 1.165) is 41.4 Å². The molecule has 2 amide bonds. The molecule has 0 radical (unpaired) electrons. The molecule has 0 aliphatic carbocycles. The number of alkyl halides is 1. The number of carbonyl (C=O) groups excluding carboxylic acids is 2. The second kappa shape index (κ2) is 10.4. The minimum absolute atomic E-state index is 0.00432. The zero-order chi connectivity index (χ0) is 27.1. The first-order valence-corrected chi connectivity index (χ1v) is 13.8. The Labute approximate surface area is 231 Å². The number of phenolic OH excluding ortho intramolecular Hbond substituents is 1. The van der Waals surface area contributed by atoms with Gasteiger partial charge in [-0.1, -0.05) is 24.3 Å². The van der Waals surface area contributed by atoms with Gasteiger partial charge in [0, 0.05) is 55.0 Å². The van der Waals surface area contributed by atoms with Crippen molar-refractivity contribution in [3.8, 4) is 17.2 Å². The molecular weight excluding hydrogens is 518 g/mol. The van der Waals surface area contributed by atoms with Gasteiger partial charge in [0.2, 0.25) is 5.91 Å². The van der Waals surface area contributed by atoms with Gasteiger partial charge in [-0.25, -0.2) is 0 Å². The number of ether oxygens (including phenoxy) is 2. The zero-order valence-electron chi connectivity index (χ0n) is 21.7. The molecule has 1 saturated heterocycles. The average Bonchev–Trinajstić information content (AvgIpc) is 3.55. The van der Waals surface area contributed by atoms with Crippen LogP contribution in [0.15, 0.2) is 47.5 Å². The van der Waals surface area contributed by atoms with Gasteiger partial charge in [0.25, 0.3) is 5.91 Å². The molecule has 3 aliphatic rings. The highest BCUT2D eigenvalue weighted by molar-refractivity contribution is 6.19. The maximum Gasteiger partial charge on any atom is 0.256 e. The lowest BCUT2D eigenvalue weighted by Gasteiger charge is -2.20. The van der Waals surface area contributed by atoms with E-state index in [0.29, 0.717) is 41.6 Å². The summed E-state index contributed by atoms with van der Waals surface area (Å²) >= 11 is 6.30. The molecule has 1 N–H and O–H groups in total. The summed E-state index contributed by atoms with van der Waals surface area (Å²) in [5, 5.41) is 12.3. The van der Waals surface area contributed by atoms with Gasteiger partial charge in [0.15, 0.2) is 11.5 Å². The topological polar surface area (TPSA) is 91.7 Å². The SMILES string of the molecule is COc1cc2c(cc1OCCCC(=O)N1C[C@H](CCl)c3c1cc(O)c1ccccc31)N=C[C@@H]1CCCN1C2=O. The maximum absolute atomic E-state index is 13.3. The lowest BCUT2D eigenvalue weighted by atomic mass is 9.95. The molecule has 3 aromatic rings. The van der Waals surface area contributed by atoms with Crippen LogP contribution in [0.5, 0.6) is 17.2 Å². The van der Waals surface area contributed by atoms with Crippen molar-refractivity contribution in [3.63, 3.8) is 0 Å².